The minimum Gasteiger partial charge on any atom is -0.378 e. The van der Waals surface area contributed by atoms with Crippen molar-refractivity contribution in [2.75, 3.05) is 42.7 Å². The summed E-state index contributed by atoms with van der Waals surface area (Å²) in [4.78, 5) is 0. The van der Waals surface area contributed by atoms with E-state index in [1.807, 2.05) is 0 Å². The molecule has 0 aromatic heterocycles. The van der Waals surface area contributed by atoms with Crippen molar-refractivity contribution in [3.8, 4) is 0 Å². The lowest BCUT2D eigenvalue weighted by Gasteiger charge is -2.44. The Hall–Kier alpha value is 0.468. The normalized spacial score (nSPS) is 34.9. The fraction of sp³-hybridized carbons (Fsp3) is 1.00. The van der Waals surface area contributed by atoms with Crippen molar-refractivity contribution in [1.29, 1.82) is 0 Å². The molecule has 1 heterocycles. The molecule has 0 aromatic carbocycles. The summed E-state index contributed by atoms with van der Waals surface area (Å²) < 4.78 is 55.7. The summed E-state index contributed by atoms with van der Waals surface area (Å²) in [6.07, 6.45) is 0. The van der Waals surface area contributed by atoms with Crippen LogP contribution >= 0.6 is 0 Å². The molecule has 0 radical (unpaired) electrons. The smallest absolute Gasteiger partial charge is 0.378 e. The molecule has 0 aliphatic carbocycles. The fourth-order valence-electron chi connectivity index (χ4n) is 1.66. The summed E-state index contributed by atoms with van der Waals surface area (Å²) in [5.74, 6) is 0. The molecule has 1 aliphatic rings. The van der Waals surface area contributed by atoms with Crippen LogP contribution in [0.1, 0.15) is 0 Å². The molecule has 10 nitrogen and oxygen atoms in total. The molecule has 1 fully saturated rings. The molecule has 0 saturated carbocycles. The Bertz CT molecular complexity index is 313. The van der Waals surface area contributed by atoms with Crippen molar-refractivity contribution >= 4 is 35.7 Å². The SMILES string of the molecule is CO[Si]1(C)O[Si](OC)(OC)O[Si](C)(OC)O[Si](OC)(OC)O1. The van der Waals surface area contributed by atoms with Crippen molar-refractivity contribution in [3.05, 3.63) is 0 Å². The van der Waals surface area contributed by atoms with Gasteiger partial charge in [0.1, 0.15) is 0 Å². The van der Waals surface area contributed by atoms with Crippen molar-refractivity contribution < 1.29 is 43.0 Å². The van der Waals surface area contributed by atoms with Gasteiger partial charge in [-0.2, -0.15) is 0 Å². The van der Waals surface area contributed by atoms with Crippen molar-refractivity contribution in [1.82, 2.24) is 0 Å². The van der Waals surface area contributed by atoms with Gasteiger partial charge in [-0.3, -0.25) is 0 Å². The standard InChI is InChI=1S/C8H24O10Si4/c1-9-19(7)15-21(11-3,12-4)17-20(8,10-2)18-22(13-5,14-6)16-19/h1-8H3. The third kappa shape index (κ3) is 4.30. The third-order valence-corrected chi connectivity index (χ3v) is 16.4. The minimum atomic E-state index is -3.58. The summed E-state index contributed by atoms with van der Waals surface area (Å²) >= 11 is 0. The monoisotopic (exact) mass is 392 g/mol. The highest BCUT2D eigenvalue weighted by Crippen LogP contribution is 2.32. The quantitative estimate of drug-likeness (QED) is 0.573. The van der Waals surface area contributed by atoms with Crippen LogP contribution in [-0.4, -0.2) is 78.4 Å². The number of hydrogen-bond acceptors (Lipinski definition) is 10. The second-order valence-electron chi connectivity index (χ2n) is 4.36. The average molecular weight is 393 g/mol. The highest BCUT2D eigenvalue weighted by Gasteiger charge is 2.68. The maximum Gasteiger partial charge on any atom is 0.664 e. The van der Waals surface area contributed by atoms with Gasteiger partial charge >= 0.3 is 35.7 Å². The van der Waals surface area contributed by atoms with Gasteiger partial charge in [0.15, 0.2) is 0 Å². The molecule has 14 heteroatoms. The second-order valence-corrected chi connectivity index (χ2v) is 15.5. The van der Waals surface area contributed by atoms with Crippen LogP contribution in [0.3, 0.4) is 0 Å². The van der Waals surface area contributed by atoms with Crippen LogP contribution in [0.25, 0.3) is 0 Å². The van der Waals surface area contributed by atoms with Crippen molar-refractivity contribution in [2.45, 2.75) is 13.1 Å². The molecule has 1 saturated heterocycles. The van der Waals surface area contributed by atoms with Gasteiger partial charge < -0.3 is 43.0 Å². The Labute approximate surface area is 135 Å². The average Bonchev–Trinajstić information content (AvgIpc) is 2.52. The molecule has 132 valence electrons. The third-order valence-electron chi connectivity index (χ3n) is 2.98. The van der Waals surface area contributed by atoms with E-state index in [0.717, 1.165) is 0 Å². The molecule has 0 aromatic rings. The van der Waals surface area contributed by atoms with E-state index < -0.39 is 35.7 Å². The maximum absolute atomic E-state index is 5.89. The minimum absolute atomic E-state index is 1.41. The molecule has 22 heavy (non-hydrogen) atoms. The Morgan fingerprint density at radius 2 is 0.682 bits per heavy atom. The molecule has 1 aliphatic heterocycles. The van der Waals surface area contributed by atoms with Gasteiger partial charge in [0.05, 0.1) is 0 Å². The van der Waals surface area contributed by atoms with Crippen LogP contribution in [0.15, 0.2) is 0 Å². The van der Waals surface area contributed by atoms with E-state index in [2.05, 4.69) is 0 Å². The van der Waals surface area contributed by atoms with Gasteiger partial charge in [-0.25, -0.2) is 0 Å². The lowest BCUT2D eigenvalue weighted by Crippen LogP contribution is -2.72. The summed E-state index contributed by atoms with van der Waals surface area (Å²) in [7, 11) is -5.22. The van der Waals surface area contributed by atoms with Crippen LogP contribution in [-0.2, 0) is 43.0 Å². The molecule has 1 rings (SSSR count). The van der Waals surface area contributed by atoms with Crippen LogP contribution in [0.4, 0.5) is 0 Å². The molecule has 0 spiro atoms. The predicted molar refractivity (Wildman–Crippen MR) is 81.1 cm³/mol. The number of rotatable bonds is 6. The zero-order valence-corrected chi connectivity index (χ0v) is 18.1. The number of hydrogen-bond donors (Lipinski definition) is 0. The molecular weight excluding hydrogens is 368 g/mol. The molecule has 0 amide bonds. The highest BCUT2D eigenvalue weighted by molar-refractivity contribution is 6.85. The van der Waals surface area contributed by atoms with E-state index in [1.54, 1.807) is 13.1 Å². The largest absolute Gasteiger partial charge is 0.664 e. The first kappa shape index (κ1) is 20.5. The predicted octanol–water partition coefficient (Wildman–Crippen LogP) is -0.0466. The lowest BCUT2D eigenvalue weighted by molar-refractivity contribution is -0.0311. The van der Waals surface area contributed by atoms with Crippen molar-refractivity contribution in [2.24, 2.45) is 0 Å². The van der Waals surface area contributed by atoms with Gasteiger partial charge in [0.2, 0.25) is 0 Å². The Kier molecular flexibility index (Phi) is 7.06. The topological polar surface area (TPSA) is 92.3 Å². The first-order valence-electron chi connectivity index (χ1n) is 6.31. The zero-order valence-electron chi connectivity index (χ0n) is 14.1. The molecular formula is C8H24O10Si4. The lowest BCUT2D eigenvalue weighted by atomic mass is 11.8. The van der Waals surface area contributed by atoms with Gasteiger partial charge in [-0.15, -0.1) is 0 Å². The maximum atomic E-state index is 5.89. The van der Waals surface area contributed by atoms with Gasteiger partial charge in [-0.1, -0.05) is 0 Å². The second kappa shape index (κ2) is 7.57. The molecule has 0 atom stereocenters. The van der Waals surface area contributed by atoms with E-state index >= 15 is 0 Å². The molecule has 0 bridgehead atoms. The van der Waals surface area contributed by atoms with Crippen LogP contribution in [0.5, 0.6) is 0 Å². The Morgan fingerprint density at radius 1 is 0.455 bits per heavy atom. The van der Waals surface area contributed by atoms with Gasteiger partial charge in [-0.05, 0) is 0 Å². The van der Waals surface area contributed by atoms with E-state index in [-0.39, 0.29) is 0 Å². The molecule has 0 unspecified atom stereocenters. The summed E-state index contributed by atoms with van der Waals surface area (Å²) in [5, 5.41) is 0. The Morgan fingerprint density at radius 3 is 0.818 bits per heavy atom. The highest BCUT2D eigenvalue weighted by atomic mass is 28.6. The first-order valence-corrected chi connectivity index (χ1v) is 14.0. The van der Waals surface area contributed by atoms with Gasteiger partial charge in [0.25, 0.3) is 0 Å². The van der Waals surface area contributed by atoms with Crippen molar-refractivity contribution in [3.63, 3.8) is 0 Å². The van der Waals surface area contributed by atoms with E-state index in [9.17, 15) is 0 Å². The fourth-order valence-corrected chi connectivity index (χ4v) is 15.4. The summed E-state index contributed by atoms with van der Waals surface area (Å²) in [6.45, 7) is 3.27. The van der Waals surface area contributed by atoms with Gasteiger partial charge in [0, 0.05) is 55.8 Å². The van der Waals surface area contributed by atoms with E-state index in [4.69, 9.17) is 43.0 Å². The van der Waals surface area contributed by atoms with Crippen LogP contribution in [0.2, 0.25) is 13.1 Å². The summed E-state index contributed by atoms with van der Waals surface area (Å²) in [5.41, 5.74) is 0. The summed E-state index contributed by atoms with van der Waals surface area (Å²) in [6, 6.07) is 0. The van der Waals surface area contributed by atoms with Crippen LogP contribution < -0.4 is 0 Å². The molecule has 0 N–H and O–H groups in total. The Balaban J connectivity index is 3.31. The first-order chi connectivity index (χ1) is 10.2. The van der Waals surface area contributed by atoms with E-state index in [0.29, 0.717) is 0 Å². The van der Waals surface area contributed by atoms with E-state index in [1.165, 1.54) is 42.7 Å². The van der Waals surface area contributed by atoms with Crippen LogP contribution in [0, 0.1) is 0 Å². The zero-order chi connectivity index (χ0) is 17.1.